The standard InChI is InChI=1S/ClH.3FH.2Zn/h4*1H;;/q;;;;2*+2/p-4. The maximum atomic E-state index is 0. The van der Waals surface area contributed by atoms with E-state index >= 15 is 0 Å². The van der Waals surface area contributed by atoms with E-state index in [2.05, 4.69) is 0 Å². The number of hydrogen-bond acceptors (Lipinski definition) is 0. The average molecular weight is 223 g/mol. The molecule has 0 unspecified atom stereocenters. The summed E-state index contributed by atoms with van der Waals surface area (Å²) in [6.07, 6.45) is 0. The van der Waals surface area contributed by atoms with Crippen LogP contribution in [0, 0.1) is 0 Å². The second kappa shape index (κ2) is 102. The summed E-state index contributed by atoms with van der Waals surface area (Å²) >= 11 is 0. The van der Waals surface area contributed by atoms with Crippen molar-refractivity contribution in [3.05, 3.63) is 0 Å². The van der Waals surface area contributed by atoms with Crippen molar-refractivity contribution in [1.29, 1.82) is 0 Å². The zero-order valence-electron chi connectivity index (χ0n) is 2.93. The molecule has 0 saturated heterocycles. The van der Waals surface area contributed by atoms with Crippen LogP contribution in [0.2, 0.25) is 0 Å². The van der Waals surface area contributed by atoms with Gasteiger partial charge in [-0.15, -0.1) is 0 Å². The normalized spacial score (nSPS) is 0. The van der Waals surface area contributed by atoms with Crippen LogP contribution in [0.25, 0.3) is 0 Å². The van der Waals surface area contributed by atoms with Crippen molar-refractivity contribution in [3.63, 3.8) is 0 Å². The van der Waals surface area contributed by atoms with Gasteiger partial charge in [0.1, 0.15) is 0 Å². The van der Waals surface area contributed by atoms with Crippen LogP contribution in [0.15, 0.2) is 0 Å². The molecule has 32 valence electrons. The molecular weight excluding hydrogens is 223 g/mol. The fourth-order valence-electron chi connectivity index (χ4n) is 0. The third kappa shape index (κ3) is 56.7. The minimum Gasteiger partial charge on any atom is -1.00 e. The molecule has 0 spiro atoms. The molecule has 0 aromatic rings. The quantitative estimate of drug-likeness (QED) is 0.358. The van der Waals surface area contributed by atoms with Crippen molar-refractivity contribution in [2.24, 2.45) is 0 Å². The second-order valence-electron chi connectivity index (χ2n) is 0. The Morgan fingerprint density at radius 3 is 0.500 bits per heavy atom. The van der Waals surface area contributed by atoms with Crippen molar-refractivity contribution < 1.29 is 65.5 Å². The third-order valence-corrected chi connectivity index (χ3v) is 0. The molecular formula is ClF3Zn2. The van der Waals surface area contributed by atoms with Gasteiger partial charge in [0.15, 0.2) is 0 Å². The van der Waals surface area contributed by atoms with Gasteiger partial charge in [0.05, 0.1) is 0 Å². The van der Waals surface area contributed by atoms with Gasteiger partial charge in [-0.05, 0) is 0 Å². The van der Waals surface area contributed by atoms with Crippen molar-refractivity contribution >= 4 is 0 Å². The first-order valence-corrected chi connectivity index (χ1v) is 0. The fourth-order valence-corrected chi connectivity index (χ4v) is 0. The molecule has 0 fully saturated rings. The maximum Gasteiger partial charge on any atom is 2.00 e. The van der Waals surface area contributed by atoms with E-state index in [1.807, 2.05) is 0 Å². The van der Waals surface area contributed by atoms with Crippen molar-refractivity contribution in [1.82, 2.24) is 0 Å². The van der Waals surface area contributed by atoms with Crippen LogP contribution in [-0.2, 0) is 39.0 Å². The molecule has 0 bridgehead atoms. The van der Waals surface area contributed by atoms with Gasteiger partial charge in [-0.1, -0.05) is 0 Å². The number of rotatable bonds is 0. The second-order valence-corrected chi connectivity index (χ2v) is 0. The van der Waals surface area contributed by atoms with Gasteiger partial charge in [-0.2, -0.15) is 0 Å². The average Bonchev–Trinajstić information content (AvgIpc) is 0. The molecule has 0 N–H and O–H groups in total. The largest absolute Gasteiger partial charge is 2.00 e. The predicted octanol–water partition coefficient (Wildman–Crippen LogP) is -12.0. The summed E-state index contributed by atoms with van der Waals surface area (Å²) in [6.45, 7) is 0. The first kappa shape index (κ1) is 167. The summed E-state index contributed by atoms with van der Waals surface area (Å²) in [6, 6.07) is 0. The van der Waals surface area contributed by atoms with E-state index in [-0.39, 0.29) is 65.5 Å². The zero-order valence-corrected chi connectivity index (χ0v) is 9.62. The summed E-state index contributed by atoms with van der Waals surface area (Å²) in [5.41, 5.74) is 0. The molecule has 0 radical (unpaired) electrons. The van der Waals surface area contributed by atoms with Gasteiger partial charge < -0.3 is 26.5 Å². The summed E-state index contributed by atoms with van der Waals surface area (Å²) in [5.74, 6) is 0. The van der Waals surface area contributed by atoms with Gasteiger partial charge in [0, 0.05) is 0 Å². The summed E-state index contributed by atoms with van der Waals surface area (Å²) in [4.78, 5) is 0. The number of halogens is 4. The summed E-state index contributed by atoms with van der Waals surface area (Å²) in [5, 5.41) is 0. The van der Waals surface area contributed by atoms with E-state index in [0.717, 1.165) is 0 Å². The Morgan fingerprint density at radius 2 is 0.500 bits per heavy atom. The Bertz CT molecular complexity index is 8.75. The van der Waals surface area contributed by atoms with Crippen LogP contribution in [-0.4, -0.2) is 0 Å². The Hall–Kier alpha value is 1.33. The summed E-state index contributed by atoms with van der Waals surface area (Å²) < 4.78 is 0. The maximum absolute atomic E-state index is 0. The van der Waals surface area contributed by atoms with Gasteiger partial charge >= 0.3 is 39.0 Å². The molecule has 0 saturated carbocycles. The zero-order chi connectivity index (χ0) is 0. The van der Waals surface area contributed by atoms with Crippen LogP contribution in [0.5, 0.6) is 0 Å². The summed E-state index contributed by atoms with van der Waals surface area (Å²) in [7, 11) is 0. The molecule has 0 atom stereocenters. The molecule has 0 aromatic carbocycles. The van der Waals surface area contributed by atoms with Gasteiger partial charge in [0.25, 0.3) is 0 Å². The molecule has 0 amide bonds. The third-order valence-electron chi connectivity index (χ3n) is 0. The fraction of sp³-hybridized carbons (Fsp3) is 0. The van der Waals surface area contributed by atoms with E-state index in [1.54, 1.807) is 0 Å². The SMILES string of the molecule is [Cl-].[F-].[F-].[F-].[Zn+2].[Zn+2]. The Kier molecular flexibility index (Phi) is 2830. The van der Waals surface area contributed by atoms with E-state index in [9.17, 15) is 0 Å². The Morgan fingerprint density at radius 1 is 0.500 bits per heavy atom. The van der Waals surface area contributed by atoms with Crippen molar-refractivity contribution in [2.45, 2.75) is 0 Å². The van der Waals surface area contributed by atoms with E-state index in [4.69, 9.17) is 0 Å². The van der Waals surface area contributed by atoms with Crippen molar-refractivity contribution in [2.75, 3.05) is 0 Å². The van der Waals surface area contributed by atoms with E-state index in [0.29, 0.717) is 0 Å². The first-order valence-electron chi connectivity index (χ1n) is 0. The molecule has 6 heteroatoms. The molecule has 0 heterocycles. The molecule has 6 heavy (non-hydrogen) atoms. The van der Waals surface area contributed by atoms with Crippen molar-refractivity contribution in [3.8, 4) is 0 Å². The van der Waals surface area contributed by atoms with Crippen LogP contribution in [0.4, 0.5) is 0 Å². The Balaban J connectivity index is 0. The Labute approximate surface area is 65.5 Å². The van der Waals surface area contributed by atoms with Gasteiger partial charge in [0.2, 0.25) is 0 Å². The topological polar surface area (TPSA) is 0 Å². The van der Waals surface area contributed by atoms with Gasteiger partial charge in [-0.25, -0.2) is 0 Å². The molecule has 0 aliphatic heterocycles. The molecule has 0 nitrogen and oxygen atoms in total. The van der Waals surface area contributed by atoms with Crippen LogP contribution >= 0.6 is 0 Å². The van der Waals surface area contributed by atoms with Crippen LogP contribution in [0.1, 0.15) is 0 Å². The van der Waals surface area contributed by atoms with E-state index < -0.39 is 0 Å². The molecule has 0 aliphatic carbocycles. The minimum absolute atomic E-state index is 0. The van der Waals surface area contributed by atoms with Crippen LogP contribution < -0.4 is 26.5 Å². The molecule has 0 rings (SSSR count). The molecule has 0 aliphatic rings. The molecule has 0 aromatic heterocycles. The first-order chi connectivity index (χ1) is 0. The van der Waals surface area contributed by atoms with Gasteiger partial charge in [-0.3, -0.25) is 0 Å². The monoisotopic (exact) mass is 220 g/mol. The van der Waals surface area contributed by atoms with E-state index in [1.165, 1.54) is 0 Å². The predicted molar refractivity (Wildman–Crippen MR) is 0 cm³/mol. The minimum atomic E-state index is 0. The van der Waals surface area contributed by atoms with Crippen LogP contribution in [0.3, 0.4) is 0 Å². The number of hydrogen-bond donors (Lipinski definition) is 0. The smallest absolute Gasteiger partial charge is 1.00 e.